The lowest BCUT2D eigenvalue weighted by Gasteiger charge is -2.28. The molecule has 1 aromatic heterocycles. The smallest absolute Gasteiger partial charge is 0.193 e. The van der Waals surface area contributed by atoms with Gasteiger partial charge in [0.1, 0.15) is 5.82 Å². The number of pyridine rings is 1. The molecular weight excluding hydrogens is 298 g/mol. The Kier molecular flexibility index (Phi) is 7.59. The minimum Gasteiger partial charge on any atom is -0.357 e. The minimum atomic E-state index is 0.766. The molecule has 0 aromatic carbocycles. The maximum atomic E-state index is 4.54. The number of piperidine rings is 1. The van der Waals surface area contributed by atoms with Gasteiger partial charge in [-0.25, -0.2) is 4.98 Å². The van der Waals surface area contributed by atoms with Gasteiger partial charge in [0.25, 0.3) is 0 Å². The molecule has 0 aliphatic carbocycles. The highest BCUT2D eigenvalue weighted by Crippen LogP contribution is 2.18. The van der Waals surface area contributed by atoms with Crippen LogP contribution in [0.2, 0.25) is 0 Å². The Labute approximate surface area is 146 Å². The fourth-order valence-corrected chi connectivity index (χ4v) is 3.01. The summed E-state index contributed by atoms with van der Waals surface area (Å²) in [6, 6.07) is 4.27. The summed E-state index contributed by atoms with van der Waals surface area (Å²) >= 11 is 0. The van der Waals surface area contributed by atoms with Crippen molar-refractivity contribution in [3.05, 3.63) is 36.5 Å². The maximum Gasteiger partial charge on any atom is 0.193 e. The van der Waals surface area contributed by atoms with Crippen molar-refractivity contribution in [2.45, 2.75) is 38.6 Å². The Morgan fingerprint density at radius 1 is 1.42 bits per heavy atom. The summed E-state index contributed by atoms with van der Waals surface area (Å²) in [5.74, 6) is 2.03. The van der Waals surface area contributed by atoms with E-state index in [0.717, 1.165) is 50.8 Å². The summed E-state index contributed by atoms with van der Waals surface area (Å²) in [6.07, 6.45) is 9.88. The summed E-state index contributed by atoms with van der Waals surface area (Å²) < 4.78 is 0. The van der Waals surface area contributed by atoms with Gasteiger partial charge in [-0.15, -0.1) is 6.58 Å². The van der Waals surface area contributed by atoms with Crippen molar-refractivity contribution in [2.75, 3.05) is 38.6 Å². The lowest BCUT2D eigenvalue weighted by molar-refractivity contribution is 0.470. The van der Waals surface area contributed by atoms with Crippen molar-refractivity contribution < 1.29 is 0 Å². The summed E-state index contributed by atoms with van der Waals surface area (Å²) in [6.45, 7) is 7.76. The monoisotopic (exact) mass is 329 g/mol. The first-order valence-corrected chi connectivity index (χ1v) is 8.97. The lowest BCUT2D eigenvalue weighted by atomic mass is 10.1. The van der Waals surface area contributed by atoms with E-state index in [1.165, 1.54) is 24.8 Å². The summed E-state index contributed by atoms with van der Waals surface area (Å²) in [5.41, 5.74) is 1.24. The van der Waals surface area contributed by atoms with Crippen LogP contribution < -0.4 is 10.2 Å². The zero-order valence-corrected chi connectivity index (χ0v) is 15.2. The Morgan fingerprint density at radius 2 is 2.21 bits per heavy atom. The van der Waals surface area contributed by atoms with Gasteiger partial charge in [0.15, 0.2) is 5.96 Å². The van der Waals surface area contributed by atoms with Gasteiger partial charge in [-0.05, 0) is 49.8 Å². The Balaban J connectivity index is 1.89. The van der Waals surface area contributed by atoms with E-state index >= 15 is 0 Å². The molecule has 0 atom stereocenters. The number of rotatable bonds is 7. The molecule has 2 rings (SSSR count). The van der Waals surface area contributed by atoms with Crippen LogP contribution in [0, 0.1) is 0 Å². The van der Waals surface area contributed by atoms with E-state index < -0.39 is 0 Å². The molecule has 5 nitrogen and oxygen atoms in total. The van der Waals surface area contributed by atoms with Crippen LogP contribution in [0.1, 0.15) is 37.7 Å². The van der Waals surface area contributed by atoms with Crippen molar-refractivity contribution in [3.8, 4) is 0 Å². The molecule has 0 bridgehead atoms. The third-order valence-corrected chi connectivity index (χ3v) is 4.42. The van der Waals surface area contributed by atoms with Gasteiger partial charge in [-0.2, -0.15) is 0 Å². The van der Waals surface area contributed by atoms with E-state index in [4.69, 9.17) is 0 Å². The summed E-state index contributed by atoms with van der Waals surface area (Å²) in [7, 11) is 3.90. The van der Waals surface area contributed by atoms with Gasteiger partial charge >= 0.3 is 0 Å². The van der Waals surface area contributed by atoms with Gasteiger partial charge in [0.2, 0.25) is 0 Å². The largest absolute Gasteiger partial charge is 0.357 e. The first-order chi connectivity index (χ1) is 11.7. The van der Waals surface area contributed by atoms with Crippen LogP contribution in [0.3, 0.4) is 0 Å². The maximum absolute atomic E-state index is 4.54. The number of hydrogen-bond donors (Lipinski definition) is 1. The quantitative estimate of drug-likeness (QED) is 0.361. The predicted molar refractivity (Wildman–Crippen MR) is 103 cm³/mol. The number of anilines is 1. The standard InChI is InChI=1S/C19H31N5/c1-4-5-7-12-23(3)19(20-2)22-16-17-10-11-21-18(15-17)24-13-8-6-9-14-24/h4,10-11,15H,1,5-9,12-14,16H2,2-3H3,(H,20,22). The minimum absolute atomic E-state index is 0.766. The molecule has 0 spiro atoms. The van der Waals surface area contributed by atoms with Gasteiger partial charge in [-0.1, -0.05) is 6.08 Å². The molecule has 132 valence electrons. The van der Waals surface area contributed by atoms with E-state index in [0.29, 0.717) is 0 Å². The molecule has 0 unspecified atom stereocenters. The first kappa shape index (κ1) is 18.3. The number of nitrogens with one attached hydrogen (secondary N) is 1. The topological polar surface area (TPSA) is 43.8 Å². The molecule has 1 fully saturated rings. The summed E-state index contributed by atoms with van der Waals surface area (Å²) in [4.78, 5) is 13.5. The Bertz CT molecular complexity index is 534. The molecule has 24 heavy (non-hydrogen) atoms. The average Bonchev–Trinajstić information content (AvgIpc) is 2.63. The Hall–Kier alpha value is -2.04. The third-order valence-electron chi connectivity index (χ3n) is 4.42. The van der Waals surface area contributed by atoms with Crippen molar-refractivity contribution >= 4 is 11.8 Å². The third kappa shape index (κ3) is 5.55. The number of aliphatic imine (C=N–C) groups is 1. The first-order valence-electron chi connectivity index (χ1n) is 8.97. The van der Waals surface area contributed by atoms with Crippen LogP contribution in [-0.2, 0) is 6.54 Å². The second kappa shape index (κ2) is 9.96. The van der Waals surface area contributed by atoms with E-state index in [-0.39, 0.29) is 0 Å². The van der Waals surface area contributed by atoms with Crippen molar-refractivity contribution in [1.82, 2.24) is 15.2 Å². The number of allylic oxidation sites excluding steroid dienone is 1. The van der Waals surface area contributed by atoms with Gasteiger partial charge in [-0.3, -0.25) is 4.99 Å². The lowest BCUT2D eigenvalue weighted by Crippen LogP contribution is -2.39. The van der Waals surface area contributed by atoms with Gasteiger partial charge in [0, 0.05) is 46.5 Å². The van der Waals surface area contributed by atoms with Crippen LogP contribution in [0.15, 0.2) is 36.0 Å². The predicted octanol–water partition coefficient (Wildman–Crippen LogP) is 3.05. The zero-order valence-electron chi connectivity index (χ0n) is 15.2. The molecule has 1 aliphatic heterocycles. The molecule has 2 heterocycles. The normalized spacial score (nSPS) is 15.2. The summed E-state index contributed by atoms with van der Waals surface area (Å²) in [5, 5.41) is 3.45. The second-order valence-corrected chi connectivity index (χ2v) is 6.32. The van der Waals surface area contributed by atoms with Gasteiger partial charge < -0.3 is 15.1 Å². The molecule has 5 heteroatoms. The van der Waals surface area contributed by atoms with E-state index in [9.17, 15) is 0 Å². The second-order valence-electron chi connectivity index (χ2n) is 6.32. The van der Waals surface area contributed by atoms with Crippen molar-refractivity contribution in [1.29, 1.82) is 0 Å². The Morgan fingerprint density at radius 3 is 2.92 bits per heavy atom. The highest BCUT2D eigenvalue weighted by Gasteiger charge is 2.12. The van der Waals surface area contributed by atoms with Crippen LogP contribution in [0.25, 0.3) is 0 Å². The van der Waals surface area contributed by atoms with Crippen molar-refractivity contribution in [2.24, 2.45) is 4.99 Å². The van der Waals surface area contributed by atoms with E-state index in [2.05, 4.69) is 50.9 Å². The number of nitrogens with zero attached hydrogens (tertiary/aromatic N) is 4. The molecule has 1 aliphatic rings. The fourth-order valence-electron chi connectivity index (χ4n) is 3.01. The SMILES string of the molecule is C=CCCCN(C)C(=NC)NCc1ccnc(N2CCCCC2)c1. The number of guanidine groups is 1. The molecule has 0 saturated carbocycles. The van der Waals surface area contributed by atoms with E-state index in [1.807, 2.05) is 19.3 Å². The molecular formula is C19H31N5. The molecule has 1 aromatic rings. The molecule has 0 amide bonds. The van der Waals surface area contributed by atoms with Gasteiger partial charge in [0.05, 0.1) is 0 Å². The highest BCUT2D eigenvalue weighted by atomic mass is 15.3. The molecule has 1 N–H and O–H groups in total. The fraction of sp³-hybridized carbons (Fsp3) is 0.579. The number of unbranched alkanes of at least 4 members (excludes halogenated alkanes) is 1. The zero-order chi connectivity index (χ0) is 17.2. The van der Waals surface area contributed by atoms with Crippen LogP contribution in [-0.4, -0.2) is 49.6 Å². The van der Waals surface area contributed by atoms with Crippen LogP contribution in [0.5, 0.6) is 0 Å². The molecule has 0 radical (unpaired) electrons. The van der Waals surface area contributed by atoms with E-state index in [1.54, 1.807) is 0 Å². The van der Waals surface area contributed by atoms with Crippen LogP contribution >= 0.6 is 0 Å². The number of hydrogen-bond acceptors (Lipinski definition) is 3. The van der Waals surface area contributed by atoms with Crippen LogP contribution in [0.4, 0.5) is 5.82 Å². The van der Waals surface area contributed by atoms with Crippen molar-refractivity contribution in [3.63, 3.8) is 0 Å². The highest BCUT2D eigenvalue weighted by molar-refractivity contribution is 5.79. The molecule has 1 saturated heterocycles. The average molecular weight is 329 g/mol. The number of aromatic nitrogens is 1.